The van der Waals surface area contributed by atoms with Crippen molar-refractivity contribution in [3.63, 3.8) is 0 Å². The number of hydrogen-bond acceptors (Lipinski definition) is 6. The van der Waals surface area contributed by atoms with Gasteiger partial charge in [0.25, 0.3) is 0 Å². The maximum absolute atomic E-state index is 14.3. The molecular weight excluding hydrogens is 556 g/mol. The quantitative estimate of drug-likeness (QED) is 0.238. The van der Waals surface area contributed by atoms with Crippen LogP contribution in [0.15, 0.2) is 60.7 Å². The third kappa shape index (κ3) is 4.58. The van der Waals surface area contributed by atoms with Gasteiger partial charge in [-0.3, -0.25) is 0 Å². The van der Waals surface area contributed by atoms with E-state index in [0.29, 0.717) is 0 Å². The first-order valence-corrected chi connectivity index (χ1v) is 16.3. The lowest BCUT2D eigenvalue weighted by Crippen LogP contribution is -2.65. The Kier molecular flexibility index (Phi) is 9.20. The zero-order valence-electron chi connectivity index (χ0n) is 28.7. The molecule has 0 amide bonds. The largest absolute Gasteiger partial charge is 0.851 e. The highest BCUT2D eigenvalue weighted by Crippen LogP contribution is 2.56. The smallest absolute Gasteiger partial charge is 0.106 e. The molecule has 4 aromatic rings. The molecule has 2 aliphatic heterocycles. The van der Waals surface area contributed by atoms with Crippen LogP contribution in [0.1, 0.15) is 85.8 Å². The summed E-state index contributed by atoms with van der Waals surface area (Å²) in [5.74, 6) is -1.19. The van der Waals surface area contributed by atoms with E-state index < -0.39 is 24.0 Å². The highest BCUT2D eigenvalue weighted by Gasteiger charge is 2.46. The van der Waals surface area contributed by atoms with Gasteiger partial charge in [0.1, 0.15) is 11.3 Å². The maximum atomic E-state index is 14.3. The molecule has 244 valence electrons. The number of nitrogens with zero attached hydrogens (tertiary/aromatic N) is 4. The van der Waals surface area contributed by atoms with E-state index in [-0.39, 0.29) is 18.8 Å². The Balaban J connectivity index is 0.000000888. The van der Waals surface area contributed by atoms with E-state index in [4.69, 9.17) is 0 Å². The lowest BCUT2D eigenvalue weighted by Gasteiger charge is -2.63. The van der Waals surface area contributed by atoms with Gasteiger partial charge in [-0.05, 0) is 73.6 Å². The molecule has 1 fully saturated rings. The minimum atomic E-state index is -1.02. The summed E-state index contributed by atoms with van der Waals surface area (Å²) >= 11 is 0. The molecule has 4 aromatic carbocycles. The minimum absolute atomic E-state index is 0. The third-order valence-electron chi connectivity index (χ3n) is 10.9. The average molecular weight is 611 g/mol. The average Bonchev–Trinajstić information content (AvgIpc) is 3.03. The minimum Gasteiger partial charge on any atom is -0.851 e. The van der Waals surface area contributed by atoms with Crippen LogP contribution in [-0.4, -0.2) is 51.7 Å². The van der Waals surface area contributed by atoms with Gasteiger partial charge in [0.05, 0.1) is 11.4 Å². The maximum Gasteiger partial charge on any atom is 0.106 e. The summed E-state index contributed by atoms with van der Waals surface area (Å²) in [6.07, 6.45) is -2.03. The first kappa shape index (κ1) is 34.4. The van der Waals surface area contributed by atoms with Gasteiger partial charge in [-0.1, -0.05) is 83.7 Å². The summed E-state index contributed by atoms with van der Waals surface area (Å²) in [6, 6.07) is 20.9. The number of hydrogen-bond donors (Lipinski definition) is 0. The molecule has 0 spiro atoms. The summed E-state index contributed by atoms with van der Waals surface area (Å²) < 4.78 is 0. The van der Waals surface area contributed by atoms with Gasteiger partial charge in [-0.15, -0.1) is 12.2 Å². The number of rotatable bonds is 2. The molecule has 45 heavy (non-hydrogen) atoms. The Bertz CT molecular complexity index is 1560. The van der Waals surface area contributed by atoms with Crippen molar-refractivity contribution in [3.8, 4) is 0 Å². The van der Waals surface area contributed by atoms with E-state index in [0.717, 1.165) is 55.4 Å². The van der Waals surface area contributed by atoms with Crippen molar-refractivity contribution >= 4 is 44.3 Å². The molecule has 3 aliphatic rings. The lowest BCUT2D eigenvalue weighted by molar-refractivity contribution is -0.535. The second-order valence-corrected chi connectivity index (χ2v) is 13.0. The van der Waals surface area contributed by atoms with Gasteiger partial charge in [-0.25, -0.2) is 0 Å². The molecule has 7 rings (SSSR count). The molecule has 0 unspecified atom stereocenters. The van der Waals surface area contributed by atoms with E-state index in [1.54, 1.807) is 0 Å². The van der Waals surface area contributed by atoms with Crippen LogP contribution >= 0.6 is 0 Å². The molecule has 0 bridgehead atoms. The number of anilines is 4. The van der Waals surface area contributed by atoms with Crippen LogP contribution in [0.3, 0.4) is 0 Å². The zero-order valence-corrected chi connectivity index (χ0v) is 28.7. The first-order chi connectivity index (χ1) is 20.9. The van der Waals surface area contributed by atoms with Gasteiger partial charge in [0, 0.05) is 50.3 Å². The molecular formula is C39H54N4O2-2. The Hall–Kier alpha value is -3.48. The van der Waals surface area contributed by atoms with Crippen molar-refractivity contribution in [2.75, 3.05) is 47.8 Å². The van der Waals surface area contributed by atoms with Crippen molar-refractivity contribution < 1.29 is 10.2 Å². The van der Waals surface area contributed by atoms with Crippen LogP contribution in [0.2, 0.25) is 0 Å². The Morgan fingerprint density at radius 1 is 0.511 bits per heavy atom. The van der Waals surface area contributed by atoms with Gasteiger partial charge in [-0.2, -0.15) is 0 Å². The summed E-state index contributed by atoms with van der Waals surface area (Å²) in [5.41, 5.74) is 5.50. The molecule has 0 saturated heterocycles. The molecule has 0 radical (unpaired) electrons. The van der Waals surface area contributed by atoms with E-state index in [2.05, 4.69) is 124 Å². The second-order valence-electron chi connectivity index (χ2n) is 13.0. The van der Waals surface area contributed by atoms with E-state index >= 15 is 0 Å². The standard InChI is InChI=1S/C34H38N4O2.2C2H6.CH4/c1-33(2)35(5)23-13-9-11-19-15-17-21(29(25(19)23)37(33)7)27-31(39)28(32(27)40)22-18-16-20-12-10-14-24-26(20)30(22)38(8)34(3,4)36(24)6;2*1-2;/h9-18,27-28,31-32H,1-8H3;2*1-2H3;1H4/q-2;;;. The second kappa shape index (κ2) is 12.0. The van der Waals surface area contributed by atoms with Crippen molar-refractivity contribution in [2.45, 2.75) is 98.2 Å². The van der Waals surface area contributed by atoms with Gasteiger partial charge < -0.3 is 29.8 Å². The van der Waals surface area contributed by atoms with Crippen molar-refractivity contribution in [1.82, 2.24) is 0 Å². The van der Waals surface area contributed by atoms with Crippen LogP contribution in [0.5, 0.6) is 0 Å². The Labute approximate surface area is 271 Å². The van der Waals surface area contributed by atoms with Gasteiger partial charge in [0.15, 0.2) is 0 Å². The van der Waals surface area contributed by atoms with Crippen molar-refractivity contribution in [3.05, 3.63) is 71.8 Å². The van der Waals surface area contributed by atoms with E-state index in [9.17, 15) is 10.2 Å². The zero-order chi connectivity index (χ0) is 32.5. The molecule has 1 saturated carbocycles. The van der Waals surface area contributed by atoms with Crippen LogP contribution in [0, 0.1) is 0 Å². The molecule has 0 aromatic heterocycles. The topological polar surface area (TPSA) is 59.1 Å². The predicted octanol–water partition coefficient (Wildman–Crippen LogP) is 7.26. The summed E-state index contributed by atoms with van der Waals surface area (Å²) in [7, 11) is 8.40. The molecule has 2 heterocycles. The molecule has 0 N–H and O–H groups in total. The lowest BCUT2D eigenvalue weighted by atomic mass is 9.62. The highest BCUT2D eigenvalue weighted by molar-refractivity contribution is 6.08. The molecule has 6 heteroatoms. The molecule has 6 nitrogen and oxygen atoms in total. The van der Waals surface area contributed by atoms with E-state index in [1.807, 2.05) is 39.8 Å². The molecule has 0 atom stereocenters. The molecule has 1 aliphatic carbocycles. The summed E-state index contributed by atoms with van der Waals surface area (Å²) in [4.78, 5) is 9.07. The number of benzene rings is 4. The monoisotopic (exact) mass is 610 g/mol. The first-order valence-electron chi connectivity index (χ1n) is 16.3. The fourth-order valence-corrected chi connectivity index (χ4v) is 7.50. The summed E-state index contributed by atoms with van der Waals surface area (Å²) in [5, 5.41) is 33.1. The van der Waals surface area contributed by atoms with E-state index in [1.165, 1.54) is 0 Å². The Morgan fingerprint density at radius 3 is 1.18 bits per heavy atom. The normalized spacial score (nSPS) is 23.8. The van der Waals surface area contributed by atoms with Crippen molar-refractivity contribution in [2.24, 2.45) is 0 Å². The fraction of sp³-hybridized carbons (Fsp3) is 0.487. The third-order valence-corrected chi connectivity index (χ3v) is 10.9. The van der Waals surface area contributed by atoms with Crippen LogP contribution < -0.4 is 29.8 Å². The Morgan fingerprint density at radius 2 is 0.844 bits per heavy atom. The predicted molar refractivity (Wildman–Crippen MR) is 192 cm³/mol. The van der Waals surface area contributed by atoms with Crippen LogP contribution in [0.4, 0.5) is 22.7 Å². The fourth-order valence-electron chi connectivity index (χ4n) is 7.50. The highest BCUT2D eigenvalue weighted by atomic mass is 16.3. The van der Waals surface area contributed by atoms with Gasteiger partial charge >= 0.3 is 0 Å². The summed E-state index contributed by atoms with van der Waals surface area (Å²) in [6.45, 7) is 16.7. The van der Waals surface area contributed by atoms with Gasteiger partial charge in [0.2, 0.25) is 0 Å². The SMILES string of the molecule is C.CC.CC.CN1c2cccc3ccc(C4C([O-])C(c5ccc6cccc7c6c5N(C)C(C)(C)N7C)C4[O-])c(c23)N(C)C1(C)C. The van der Waals surface area contributed by atoms with Crippen molar-refractivity contribution in [1.29, 1.82) is 0 Å². The van der Waals surface area contributed by atoms with Crippen LogP contribution in [-0.2, 0) is 0 Å². The van der Waals surface area contributed by atoms with Crippen LogP contribution in [0.25, 0.3) is 21.5 Å².